The van der Waals surface area contributed by atoms with Crippen molar-refractivity contribution in [2.24, 2.45) is 0 Å². The van der Waals surface area contributed by atoms with E-state index in [1.54, 1.807) is 0 Å². The van der Waals surface area contributed by atoms with E-state index < -0.39 is 0 Å². The molecule has 1 saturated carbocycles. The van der Waals surface area contributed by atoms with E-state index in [0.29, 0.717) is 11.8 Å². The van der Waals surface area contributed by atoms with Crippen LogP contribution in [0.5, 0.6) is 0 Å². The average Bonchev–Trinajstić information content (AvgIpc) is 2.57. The molecule has 0 aromatic carbocycles. The highest BCUT2D eigenvalue weighted by Gasteiger charge is 2.20. The van der Waals surface area contributed by atoms with Gasteiger partial charge in [-0.05, 0) is 24.3 Å². The van der Waals surface area contributed by atoms with Crippen LogP contribution in [-0.2, 0) is 5.88 Å². The summed E-state index contributed by atoms with van der Waals surface area (Å²) in [5.74, 6) is 1.90. The summed E-state index contributed by atoms with van der Waals surface area (Å²) in [6.45, 7) is 0. The summed E-state index contributed by atoms with van der Waals surface area (Å²) in [7, 11) is 0. The van der Waals surface area contributed by atoms with Gasteiger partial charge in [0.25, 0.3) is 0 Å². The second-order valence-electron chi connectivity index (χ2n) is 4.09. The highest BCUT2D eigenvalue weighted by atomic mass is 35.5. The average molecular weight is 222 g/mol. The first-order chi connectivity index (χ1) is 7.36. The van der Waals surface area contributed by atoms with Crippen molar-refractivity contribution in [3.05, 3.63) is 29.8 Å². The van der Waals surface area contributed by atoms with Gasteiger partial charge in [-0.25, -0.2) is 9.97 Å². The molecule has 1 fully saturated rings. The fourth-order valence-corrected chi connectivity index (χ4v) is 2.10. The van der Waals surface area contributed by atoms with Gasteiger partial charge in [-0.3, -0.25) is 4.40 Å². The molecule has 0 bridgehead atoms. The van der Waals surface area contributed by atoms with E-state index in [0.717, 1.165) is 11.5 Å². The topological polar surface area (TPSA) is 30.2 Å². The molecule has 3 nitrogen and oxygen atoms in total. The van der Waals surface area contributed by atoms with Crippen LogP contribution in [0.4, 0.5) is 0 Å². The van der Waals surface area contributed by atoms with Gasteiger partial charge in [-0.1, -0.05) is 6.42 Å². The molecule has 3 rings (SSSR count). The summed E-state index contributed by atoms with van der Waals surface area (Å²) < 4.78 is 1.98. The second kappa shape index (κ2) is 3.49. The van der Waals surface area contributed by atoms with Crippen LogP contribution in [0.25, 0.3) is 5.78 Å². The molecule has 0 atom stereocenters. The molecule has 0 aliphatic heterocycles. The second-order valence-corrected chi connectivity index (χ2v) is 4.36. The third kappa shape index (κ3) is 1.51. The first-order valence-corrected chi connectivity index (χ1v) is 5.80. The van der Waals surface area contributed by atoms with E-state index in [1.807, 2.05) is 16.8 Å². The fraction of sp³-hybridized carbons (Fsp3) is 0.455. The van der Waals surface area contributed by atoms with Crippen LogP contribution >= 0.6 is 11.6 Å². The highest BCUT2D eigenvalue weighted by Crippen LogP contribution is 2.35. The van der Waals surface area contributed by atoms with Crippen LogP contribution in [0.15, 0.2) is 18.6 Å². The lowest BCUT2D eigenvalue weighted by Crippen LogP contribution is -2.09. The minimum absolute atomic E-state index is 0.447. The number of hydrogen-bond donors (Lipinski definition) is 0. The van der Waals surface area contributed by atoms with E-state index in [4.69, 9.17) is 11.6 Å². The molecule has 0 saturated heterocycles. The summed E-state index contributed by atoms with van der Waals surface area (Å²) in [5.41, 5.74) is 2.21. The number of rotatable bonds is 2. The molecule has 0 N–H and O–H groups in total. The van der Waals surface area contributed by atoms with Crippen molar-refractivity contribution in [1.82, 2.24) is 14.4 Å². The van der Waals surface area contributed by atoms with Crippen molar-refractivity contribution in [2.45, 2.75) is 31.1 Å². The van der Waals surface area contributed by atoms with Crippen LogP contribution in [0, 0.1) is 0 Å². The van der Waals surface area contributed by atoms with Gasteiger partial charge < -0.3 is 0 Å². The normalized spacial score (nSPS) is 16.9. The van der Waals surface area contributed by atoms with Gasteiger partial charge in [0.05, 0.1) is 11.6 Å². The Bertz CT molecular complexity index is 488. The largest absolute Gasteiger partial charge is 0.291 e. The quantitative estimate of drug-likeness (QED) is 0.730. The molecule has 2 heterocycles. The van der Waals surface area contributed by atoms with Crippen molar-refractivity contribution in [3.8, 4) is 0 Å². The van der Waals surface area contributed by atoms with Crippen molar-refractivity contribution in [2.75, 3.05) is 0 Å². The van der Waals surface area contributed by atoms with Crippen LogP contribution in [0.1, 0.15) is 36.4 Å². The number of hydrogen-bond acceptors (Lipinski definition) is 2. The number of alkyl halides is 1. The molecule has 0 unspecified atom stereocenters. The zero-order valence-electron chi connectivity index (χ0n) is 8.36. The molecule has 0 spiro atoms. The minimum atomic E-state index is 0.447. The van der Waals surface area contributed by atoms with Crippen LogP contribution in [-0.4, -0.2) is 14.4 Å². The number of halogens is 1. The molecule has 78 valence electrons. The van der Waals surface area contributed by atoms with Crippen molar-refractivity contribution < 1.29 is 0 Å². The Morgan fingerprint density at radius 2 is 2.27 bits per heavy atom. The van der Waals surface area contributed by atoms with Gasteiger partial charge in [0.1, 0.15) is 0 Å². The SMILES string of the molecule is ClCc1cn2cc(C3CCC3)cnc2n1. The van der Waals surface area contributed by atoms with Gasteiger partial charge in [-0.15, -0.1) is 11.6 Å². The van der Waals surface area contributed by atoms with E-state index in [1.165, 1.54) is 24.8 Å². The molecule has 2 aromatic heterocycles. The van der Waals surface area contributed by atoms with Crippen LogP contribution < -0.4 is 0 Å². The molecule has 4 heteroatoms. The van der Waals surface area contributed by atoms with Crippen molar-refractivity contribution in [1.29, 1.82) is 0 Å². The van der Waals surface area contributed by atoms with E-state index in [9.17, 15) is 0 Å². The molecule has 0 amide bonds. The van der Waals surface area contributed by atoms with Gasteiger partial charge in [0.2, 0.25) is 5.78 Å². The Morgan fingerprint density at radius 3 is 2.93 bits per heavy atom. The summed E-state index contributed by atoms with van der Waals surface area (Å²) in [5, 5.41) is 0. The van der Waals surface area contributed by atoms with Gasteiger partial charge in [0.15, 0.2) is 0 Å². The zero-order chi connectivity index (χ0) is 10.3. The van der Waals surface area contributed by atoms with E-state index in [2.05, 4.69) is 16.2 Å². The van der Waals surface area contributed by atoms with Crippen molar-refractivity contribution >= 4 is 17.4 Å². The summed E-state index contributed by atoms with van der Waals surface area (Å²) in [6, 6.07) is 0. The Labute approximate surface area is 93.1 Å². The summed E-state index contributed by atoms with van der Waals surface area (Å²) in [4.78, 5) is 8.64. The Morgan fingerprint density at radius 1 is 1.40 bits per heavy atom. The van der Waals surface area contributed by atoms with E-state index in [-0.39, 0.29) is 0 Å². The third-order valence-corrected chi connectivity index (χ3v) is 3.37. The lowest BCUT2D eigenvalue weighted by molar-refractivity contribution is 0.417. The Hall–Kier alpha value is -1.09. The fourth-order valence-electron chi connectivity index (χ4n) is 1.97. The predicted molar refractivity (Wildman–Crippen MR) is 59.1 cm³/mol. The number of aromatic nitrogens is 3. The first kappa shape index (κ1) is 9.16. The van der Waals surface area contributed by atoms with Crippen LogP contribution in [0.3, 0.4) is 0 Å². The molecule has 15 heavy (non-hydrogen) atoms. The number of imidazole rings is 1. The lowest BCUT2D eigenvalue weighted by Gasteiger charge is -2.25. The Balaban J connectivity index is 2.04. The van der Waals surface area contributed by atoms with Crippen LogP contribution in [0.2, 0.25) is 0 Å². The molecular formula is C11H12ClN3. The standard InChI is InChI=1S/C11H12ClN3/c12-4-10-7-15-6-9(8-2-1-3-8)5-13-11(15)14-10/h5-8H,1-4H2. The maximum absolute atomic E-state index is 5.74. The van der Waals surface area contributed by atoms with E-state index >= 15 is 0 Å². The van der Waals surface area contributed by atoms with Gasteiger partial charge in [0, 0.05) is 18.6 Å². The maximum Gasteiger partial charge on any atom is 0.233 e. The number of fused-ring (bicyclic) bond motifs is 1. The summed E-state index contributed by atoms with van der Waals surface area (Å²) >= 11 is 5.74. The monoisotopic (exact) mass is 221 g/mol. The molecular weight excluding hydrogens is 210 g/mol. The lowest BCUT2D eigenvalue weighted by atomic mass is 9.81. The first-order valence-electron chi connectivity index (χ1n) is 5.26. The Kier molecular flexibility index (Phi) is 2.13. The summed E-state index contributed by atoms with van der Waals surface area (Å²) in [6.07, 6.45) is 9.98. The minimum Gasteiger partial charge on any atom is -0.291 e. The molecule has 1 aliphatic carbocycles. The molecule has 2 aromatic rings. The van der Waals surface area contributed by atoms with Crippen molar-refractivity contribution in [3.63, 3.8) is 0 Å². The smallest absolute Gasteiger partial charge is 0.233 e. The molecule has 1 aliphatic rings. The third-order valence-electron chi connectivity index (χ3n) is 3.09. The zero-order valence-corrected chi connectivity index (χ0v) is 9.11. The predicted octanol–water partition coefficient (Wildman–Crippen LogP) is 2.74. The van der Waals surface area contributed by atoms with Gasteiger partial charge >= 0.3 is 0 Å². The number of nitrogens with zero attached hydrogens (tertiary/aromatic N) is 3. The van der Waals surface area contributed by atoms with Gasteiger partial charge in [-0.2, -0.15) is 0 Å². The maximum atomic E-state index is 5.74. The molecule has 0 radical (unpaired) electrons. The highest BCUT2D eigenvalue weighted by molar-refractivity contribution is 6.16.